The third-order valence-electron chi connectivity index (χ3n) is 3.90. The first kappa shape index (κ1) is 19.4. The molecule has 1 aromatic rings. The Morgan fingerprint density at radius 2 is 1.84 bits per heavy atom. The van der Waals surface area contributed by atoms with Crippen LogP contribution in [0.25, 0.3) is 0 Å². The molecule has 1 aromatic carbocycles. The molecule has 0 spiro atoms. The van der Waals surface area contributed by atoms with E-state index in [9.17, 15) is 18.0 Å². The van der Waals surface area contributed by atoms with Crippen molar-refractivity contribution in [1.82, 2.24) is 9.80 Å². The maximum Gasteiger partial charge on any atom is 0.573 e. The number of carbonyl (C=O) groups excluding carboxylic acids is 1. The van der Waals surface area contributed by atoms with Gasteiger partial charge in [-0.3, -0.25) is 4.90 Å². The molecule has 1 radical (unpaired) electrons. The molecule has 1 saturated heterocycles. The average molecular weight is 359 g/mol. The van der Waals surface area contributed by atoms with Crippen LogP contribution < -0.4 is 4.74 Å². The predicted octanol–water partition coefficient (Wildman–Crippen LogP) is 3.45. The lowest BCUT2D eigenvalue weighted by Gasteiger charge is -2.34. The lowest BCUT2D eigenvalue weighted by atomic mass is 10.2. The van der Waals surface area contributed by atoms with Crippen molar-refractivity contribution in [3.05, 3.63) is 36.8 Å². The molecular weight excluding hydrogens is 337 g/mol. The molecule has 139 valence electrons. The summed E-state index contributed by atoms with van der Waals surface area (Å²) < 4.78 is 46.3. The number of alkyl halides is 3. The smallest absolute Gasteiger partial charge is 0.444 e. The SMILES string of the molecule is [CH2]CCCN1CCN(C(=O)OCc2ccccc2OC(F)(F)F)CC1. The molecule has 0 bridgehead atoms. The summed E-state index contributed by atoms with van der Waals surface area (Å²) in [4.78, 5) is 15.9. The number of ether oxygens (including phenoxy) is 2. The number of para-hydroxylation sites is 1. The molecule has 0 unspecified atom stereocenters. The highest BCUT2D eigenvalue weighted by atomic mass is 19.4. The second-order valence-electron chi connectivity index (χ2n) is 5.75. The molecule has 1 amide bonds. The zero-order chi connectivity index (χ0) is 18.3. The van der Waals surface area contributed by atoms with Crippen molar-refractivity contribution >= 4 is 6.09 Å². The maximum atomic E-state index is 12.4. The van der Waals surface area contributed by atoms with E-state index in [1.165, 1.54) is 18.2 Å². The van der Waals surface area contributed by atoms with Crippen LogP contribution in [0.1, 0.15) is 18.4 Å². The van der Waals surface area contributed by atoms with Crippen molar-refractivity contribution in [1.29, 1.82) is 0 Å². The van der Waals surface area contributed by atoms with E-state index in [2.05, 4.69) is 16.6 Å². The molecule has 25 heavy (non-hydrogen) atoms. The second kappa shape index (κ2) is 8.94. The van der Waals surface area contributed by atoms with Gasteiger partial charge in [0.05, 0.1) is 0 Å². The summed E-state index contributed by atoms with van der Waals surface area (Å²) in [5, 5.41) is 0. The number of benzene rings is 1. The molecule has 1 aliphatic heterocycles. The van der Waals surface area contributed by atoms with Crippen LogP contribution in [0, 0.1) is 6.92 Å². The number of halogens is 3. The summed E-state index contributed by atoms with van der Waals surface area (Å²) in [6.07, 6.45) is -3.43. The third kappa shape index (κ3) is 6.45. The Morgan fingerprint density at radius 3 is 2.48 bits per heavy atom. The van der Waals surface area contributed by atoms with Crippen molar-refractivity contribution in [2.45, 2.75) is 25.8 Å². The highest BCUT2D eigenvalue weighted by Crippen LogP contribution is 2.26. The fourth-order valence-corrected chi connectivity index (χ4v) is 2.57. The first-order valence-electron chi connectivity index (χ1n) is 8.16. The Kier molecular flexibility index (Phi) is 6.92. The summed E-state index contributed by atoms with van der Waals surface area (Å²) in [6.45, 7) is 7.07. The fourth-order valence-electron chi connectivity index (χ4n) is 2.57. The van der Waals surface area contributed by atoms with Crippen LogP contribution in [0.2, 0.25) is 0 Å². The first-order valence-corrected chi connectivity index (χ1v) is 8.16. The molecule has 0 aliphatic carbocycles. The number of rotatable bonds is 6. The minimum absolute atomic E-state index is 0.169. The van der Waals surface area contributed by atoms with Gasteiger partial charge in [-0.15, -0.1) is 13.2 Å². The number of hydrogen-bond acceptors (Lipinski definition) is 4. The van der Waals surface area contributed by atoms with Crippen molar-refractivity contribution in [3.8, 4) is 5.75 Å². The highest BCUT2D eigenvalue weighted by molar-refractivity contribution is 5.67. The Balaban J connectivity index is 1.83. The molecule has 0 atom stereocenters. The number of unbranched alkanes of at least 4 members (excludes halogenated alkanes) is 1. The van der Waals surface area contributed by atoms with Gasteiger partial charge in [-0.2, -0.15) is 0 Å². The monoisotopic (exact) mass is 359 g/mol. The van der Waals surface area contributed by atoms with Crippen LogP contribution in [0.4, 0.5) is 18.0 Å². The van der Waals surface area contributed by atoms with Gasteiger partial charge in [0.25, 0.3) is 0 Å². The Morgan fingerprint density at radius 1 is 1.16 bits per heavy atom. The highest BCUT2D eigenvalue weighted by Gasteiger charge is 2.32. The zero-order valence-electron chi connectivity index (χ0n) is 13.9. The molecular formula is C17H22F3N2O3. The van der Waals surface area contributed by atoms with Gasteiger partial charge in [0, 0.05) is 31.7 Å². The normalized spacial score (nSPS) is 15.9. The fraction of sp³-hybridized carbons (Fsp3) is 0.529. The van der Waals surface area contributed by atoms with Gasteiger partial charge < -0.3 is 14.4 Å². The number of nitrogens with zero attached hydrogens (tertiary/aromatic N) is 2. The molecule has 5 nitrogen and oxygen atoms in total. The predicted molar refractivity (Wildman–Crippen MR) is 85.9 cm³/mol. The van der Waals surface area contributed by atoms with Crippen LogP contribution >= 0.6 is 0 Å². The van der Waals surface area contributed by atoms with Gasteiger partial charge in [-0.1, -0.05) is 31.5 Å². The van der Waals surface area contributed by atoms with Gasteiger partial charge in [0.1, 0.15) is 12.4 Å². The molecule has 1 heterocycles. The van der Waals surface area contributed by atoms with Gasteiger partial charge >= 0.3 is 12.5 Å². The summed E-state index contributed by atoms with van der Waals surface area (Å²) in [7, 11) is 0. The van der Waals surface area contributed by atoms with Crippen molar-refractivity contribution in [2.75, 3.05) is 32.7 Å². The van der Waals surface area contributed by atoms with Gasteiger partial charge in [-0.05, 0) is 19.0 Å². The van der Waals surface area contributed by atoms with E-state index in [4.69, 9.17) is 4.74 Å². The van der Waals surface area contributed by atoms with Gasteiger partial charge in [0.15, 0.2) is 0 Å². The zero-order valence-corrected chi connectivity index (χ0v) is 13.9. The van der Waals surface area contributed by atoms with Crippen LogP contribution in [0.15, 0.2) is 24.3 Å². The first-order chi connectivity index (χ1) is 11.9. The second-order valence-corrected chi connectivity index (χ2v) is 5.75. The average Bonchev–Trinajstić information content (AvgIpc) is 2.58. The lowest BCUT2D eigenvalue weighted by molar-refractivity contribution is -0.275. The van der Waals surface area contributed by atoms with Crippen molar-refractivity contribution in [2.24, 2.45) is 0 Å². The van der Waals surface area contributed by atoms with Crippen LogP contribution in [-0.2, 0) is 11.3 Å². The standard InChI is InChI=1S/C17H22F3N2O3/c1-2-3-8-21-9-11-22(12-10-21)16(23)24-13-14-6-4-5-7-15(14)25-17(18,19)20/h4-7H,1-3,8-13H2. The van der Waals surface area contributed by atoms with Gasteiger partial charge in [-0.25, -0.2) is 4.79 Å². The molecule has 0 saturated carbocycles. The number of hydrogen-bond donors (Lipinski definition) is 0. The maximum absolute atomic E-state index is 12.4. The van der Waals surface area contributed by atoms with E-state index in [1.807, 2.05) is 0 Å². The van der Waals surface area contributed by atoms with Crippen LogP contribution in [0.5, 0.6) is 5.75 Å². The topological polar surface area (TPSA) is 42.0 Å². The molecule has 1 aliphatic rings. The molecule has 8 heteroatoms. The summed E-state index contributed by atoms with van der Waals surface area (Å²) in [5.74, 6) is -0.360. The molecule has 1 fully saturated rings. The number of piperazine rings is 1. The summed E-state index contributed by atoms with van der Waals surface area (Å²) >= 11 is 0. The largest absolute Gasteiger partial charge is 0.573 e. The quantitative estimate of drug-likeness (QED) is 0.780. The lowest BCUT2D eigenvalue weighted by Crippen LogP contribution is -2.48. The molecule has 2 rings (SSSR count). The molecule has 0 N–H and O–H groups in total. The Hall–Kier alpha value is -1.96. The van der Waals surface area contributed by atoms with Crippen LogP contribution in [0.3, 0.4) is 0 Å². The van der Waals surface area contributed by atoms with E-state index in [0.29, 0.717) is 13.1 Å². The van der Waals surface area contributed by atoms with E-state index in [1.54, 1.807) is 11.0 Å². The minimum atomic E-state index is -4.79. The Bertz CT molecular complexity index is 558. The number of amides is 1. The Labute approximate surface area is 145 Å². The van der Waals surface area contributed by atoms with E-state index in [0.717, 1.165) is 32.5 Å². The summed E-state index contributed by atoms with van der Waals surface area (Å²) in [5.41, 5.74) is 0.169. The summed E-state index contributed by atoms with van der Waals surface area (Å²) in [6, 6.07) is 5.62. The molecule has 0 aromatic heterocycles. The number of carbonyl (C=O) groups is 1. The van der Waals surface area contributed by atoms with Crippen LogP contribution in [-0.4, -0.2) is 55.0 Å². The third-order valence-corrected chi connectivity index (χ3v) is 3.90. The van der Waals surface area contributed by atoms with E-state index >= 15 is 0 Å². The van der Waals surface area contributed by atoms with Crippen molar-refractivity contribution in [3.63, 3.8) is 0 Å². The van der Waals surface area contributed by atoms with E-state index in [-0.39, 0.29) is 17.9 Å². The van der Waals surface area contributed by atoms with Crippen molar-refractivity contribution < 1.29 is 27.4 Å². The van der Waals surface area contributed by atoms with Gasteiger partial charge in [0.2, 0.25) is 0 Å². The minimum Gasteiger partial charge on any atom is -0.444 e. The van der Waals surface area contributed by atoms with E-state index < -0.39 is 12.5 Å².